The number of hydrazone groups is 1. The Morgan fingerprint density at radius 1 is 1.10 bits per heavy atom. The summed E-state index contributed by atoms with van der Waals surface area (Å²) in [6, 6.07) is 7.05. The average Bonchev–Trinajstić information content (AvgIpc) is 2.95. The Kier molecular flexibility index (Phi) is 11.2. The SMILES string of the molecule is C=CCOc1cc(Br)c(/C=N\NC(=O)COc2ccc([C@H]3NC(=O)NC(C)=C3C(=O)OCC)cc2OC)cc1OC. The quantitative estimate of drug-likeness (QED) is 0.131. The number of amides is 3. The molecule has 0 fully saturated rings. The molecule has 1 aliphatic rings. The molecule has 3 rings (SSSR count). The lowest BCUT2D eigenvalue weighted by Gasteiger charge is -2.28. The van der Waals surface area contributed by atoms with E-state index >= 15 is 0 Å². The third-order valence-electron chi connectivity index (χ3n) is 5.68. The number of ether oxygens (including phenoxy) is 5. The highest BCUT2D eigenvalue weighted by molar-refractivity contribution is 9.10. The molecule has 0 saturated carbocycles. The first kappa shape index (κ1) is 31.0. The zero-order chi connectivity index (χ0) is 29.9. The van der Waals surface area contributed by atoms with Gasteiger partial charge in [-0.15, -0.1) is 0 Å². The van der Waals surface area contributed by atoms with Crippen LogP contribution in [0.5, 0.6) is 23.0 Å². The summed E-state index contributed by atoms with van der Waals surface area (Å²) in [4.78, 5) is 37.1. The number of benzene rings is 2. The van der Waals surface area contributed by atoms with E-state index in [1.807, 2.05) is 0 Å². The van der Waals surface area contributed by atoms with Gasteiger partial charge in [-0.2, -0.15) is 5.10 Å². The first-order valence-corrected chi connectivity index (χ1v) is 13.2. The zero-order valence-corrected chi connectivity index (χ0v) is 24.6. The summed E-state index contributed by atoms with van der Waals surface area (Å²) >= 11 is 3.45. The number of hydrogen-bond donors (Lipinski definition) is 3. The Morgan fingerprint density at radius 2 is 1.83 bits per heavy atom. The van der Waals surface area contributed by atoms with Gasteiger partial charge in [0.1, 0.15) is 6.61 Å². The molecule has 1 heterocycles. The fourth-order valence-corrected chi connectivity index (χ4v) is 4.25. The van der Waals surface area contributed by atoms with Crippen LogP contribution in [0.1, 0.15) is 31.0 Å². The summed E-state index contributed by atoms with van der Waals surface area (Å²) in [5, 5.41) is 9.29. The van der Waals surface area contributed by atoms with Gasteiger partial charge in [-0.1, -0.05) is 18.7 Å². The maximum Gasteiger partial charge on any atom is 0.338 e. The van der Waals surface area contributed by atoms with Crippen LogP contribution in [0.15, 0.2) is 63.8 Å². The van der Waals surface area contributed by atoms with E-state index in [1.165, 1.54) is 20.4 Å². The normalized spacial score (nSPS) is 14.6. The molecule has 3 amide bonds. The standard InChI is InChI=1S/C28H31BrN4O8/c1-6-10-40-23-13-19(29)18(12-22(23)38-5)14-30-33-24(34)15-41-20-9-8-17(11-21(20)37-4)26-25(27(35)39-7-2)16(3)31-28(36)32-26/h6,8-9,11-14,26H,1,7,10,15H2,2-5H3,(H,33,34)(H2,31,32,36)/b30-14-/t26-/m1/s1. The third kappa shape index (κ3) is 8.01. The van der Waals surface area contributed by atoms with Crippen molar-refractivity contribution >= 4 is 40.1 Å². The van der Waals surface area contributed by atoms with Crippen LogP contribution < -0.4 is 35.0 Å². The van der Waals surface area contributed by atoms with Crippen molar-refractivity contribution in [3.05, 3.63) is 69.9 Å². The van der Waals surface area contributed by atoms with E-state index in [9.17, 15) is 14.4 Å². The molecule has 0 aromatic heterocycles. The number of halogens is 1. The van der Waals surface area contributed by atoms with E-state index in [-0.39, 0.29) is 24.5 Å². The molecule has 0 bridgehead atoms. The third-order valence-corrected chi connectivity index (χ3v) is 6.36. The van der Waals surface area contributed by atoms with Gasteiger partial charge in [0.2, 0.25) is 0 Å². The van der Waals surface area contributed by atoms with Crippen molar-refractivity contribution in [2.24, 2.45) is 5.10 Å². The topological polar surface area (TPSA) is 146 Å². The smallest absolute Gasteiger partial charge is 0.338 e. The van der Waals surface area contributed by atoms with Crippen LogP contribution in [0.25, 0.3) is 0 Å². The molecule has 0 saturated heterocycles. The van der Waals surface area contributed by atoms with Gasteiger partial charge in [0.05, 0.1) is 38.7 Å². The van der Waals surface area contributed by atoms with Crippen LogP contribution in [-0.2, 0) is 14.3 Å². The van der Waals surface area contributed by atoms with Crippen molar-refractivity contribution in [2.45, 2.75) is 19.9 Å². The van der Waals surface area contributed by atoms with Crippen LogP contribution in [0.4, 0.5) is 4.79 Å². The highest BCUT2D eigenvalue weighted by Gasteiger charge is 2.32. The second kappa shape index (κ2) is 14.7. The van der Waals surface area contributed by atoms with Gasteiger partial charge in [0, 0.05) is 15.7 Å². The van der Waals surface area contributed by atoms with Crippen molar-refractivity contribution in [1.82, 2.24) is 16.1 Å². The van der Waals surface area contributed by atoms with Crippen LogP contribution in [-0.4, -0.2) is 58.2 Å². The molecule has 2 aromatic rings. The van der Waals surface area contributed by atoms with E-state index < -0.39 is 23.9 Å². The molecular weight excluding hydrogens is 600 g/mol. The summed E-state index contributed by atoms with van der Waals surface area (Å²) in [5.41, 5.74) is 4.25. The lowest BCUT2D eigenvalue weighted by Crippen LogP contribution is -2.45. The van der Waals surface area contributed by atoms with Gasteiger partial charge in [-0.3, -0.25) is 4.79 Å². The number of allylic oxidation sites excluding steroid dienone is 1. The summed E-state index contributed by atoms with van der Waals surface area (Å²) in [5.74, 6) is 0.515. The van der Waals surface area contributed by atoms with E-state index in [4.69, 9.17) is 23.7 Å². The molecular formula is C28H31BrN4O8. The molecule has 12 nitrogen and oxygen atoms in total. The Morgan fingerprint density at radius 3 is 2.51 bits per heavy atom. The molecule has 0 radical (unpaired) electrons. The van der Waals surface area contributed by atoms with Gasteiger partial charge < -0.3 is 34.3 Å². The van der Waals surface area contributed by atoms with Crippen molar-refractivity contribution in [2.75, 3.05) is 34.0 Å². The van der Waals surface area contributed by atoms with Crippen molar-refractivity contribution in [3.63, 3.8) is 0 Å². The first-order chi connectivity index (χ1) is 19.7. The molecule has 0 unspecified atom stereocenters. The molecule has 0 spiro atoms. The summed E-state index contributed by atoms with van der Waals surface area (Å²) in [7, 11) is 2.95. The summed E-state index contributed by atoms with van der Waals surface area (Å²) in [6.45, 7) is 7.09. The second-order valence-corrected chi connectivity index (χ2v) is 9.26. The van der Waals surface area contributed by atoms with Gasteiger partial charge in [-0.05, 0) is 59.6 Å². The number of urea groups is 1. The highest BCUT2D eigenvalue weighted by atomic mass is 79.9. The Hall–Kier alpha value is -4.52. The molecule has 2 aromatic carbocycles. The number of nitrogens with one attached hydrogen (secondary N) is 3. The molecule has 3 N–H and O–H groups in total. The van der Waals surface area contributed by atoms with Crippen molar-refractivity contribution in [1.29, 1.82) is 0 Å². The number of hydrogen-bond acceptors (Lipinski definition) is 9. The fraction of sp³-hybridized carbons (Fsp3) is 0.286. The van der Waals surface area contributed by atoms with E-state index in [0.717, 1.165) is 0 Å². The van der Waals surface area contributed by atoms with Gasteiger partial charge in [0.15, 0.2) is 29.6 Å². The lowest BCUT2D eigenvalue weighted by molar-refractivity contribution is -0.139. The second-order valence-electron chi connectivity index (χ2n) is 8.41. The minimum absolute atomic E-state index is 0.182. The number of carbonyl (C=O) groups excluding carboxylic acids is 3. The average molecular weight is 631 g/mol. The van der Waals surface area contributed by atoms with Gasteiger partial charge >= 0.3 is 12.0 Å². The van der Waals surface area contributed by atoms with Gasteiger partial charge in [-0.25, -0.2) is 15.0 Å². The van der Waals surface area contributed by atoms with E-state index in [1.54, 1.807) is 50.3 Å². The minimum atomic E-state index is -0.774. The zero-order valence-electron chi connectivity index (χ0n) is 23.0. The van der Waals surface area contributed by atoms with Crippen LogP contribution in [0.3, 0.4) is 0 Å². The van der Waals surface area contributed by atoms with Crippen LogP contribution in [0.2, 0.25) is 0 Å². The van der Waals surface area contributed by atoms with Crippen LogP contribution in [0, 0.1) is 0 Å². The molecule has 13 heteroatoms. The molecule has 1 atom stereocenters. The predicted octanol–water partition coefficient (Wildman–Crippen LogP) is 3.75. The van der Waals surface area contributed by atoms with E-state index in [2.05, 4.69) is 43.7 Å². The Bertz CT molecular complexity index is 1380. The van der Waals surface area contributed by atoms with Gasteiger partial charge in [0.25, 0.3) is 5.91 Å². The molecule has 1 aliphatic heterocycles. The Balaban J connectivity index is 1.67. The maximum absolute atomic E-state index is 12.6. The number of methoxy groups -OCH3 is 2. The summed E-state index contributed by atoms with van der Waals surface area (Å²) < 4.78 is 27.8. The summed E-state index contributed by atoms with van der Waals surface area (Å²) in [6.07, 6.45) is 3.07. The number of rotatable bonds is 13. The van der Waals surface area contributed by atoms with Crippen molar-refractivity contribution in [3.8, 4) is 23.0 Å². The van der Waals surface area contributed by atoms with E-state index in [0.29, 0.717) is 45.2 Å². The van der Waals surface area contributed by atoms with Crippen LogP contribution >= 0.6 is 15.9 Å². The van der Waals surface area contributed by atoms with Crippen molar-refractivity contribution < 1.29 is 38.1 Å². The highest BCUT2D eigenvalue weighted by Crippen LogP contribution is 2.35. The largest absolute Gasteiger partial charge is 0.493 e. The number of carbonyl (C=O) groups is 3. The molecule has 0 aliphatic carbocycles. The lowest BCUT2D eigenvalue weighted by atomic mass is 9.95. The Labute approximate surface area is 245 Å². The molecule has 218 valence electrons. The first-order valence-electron chi connectivity index (χ1n) is 12.4. The fourth-order valence-electron chi connectivity index (χ4n) is 3.83. The minimum Gasteiger partial charge on any atom is -0.493 e. The maximum atomic E-state index is 12.6. The molecule has 41 heavy (non-hydrogen) atoms. The number of esters is 1. The number of nitrogens with zero attached hydrogens (tertiary/aromatic N) is 1. The predicted molar refractivity (Wildman–Crippen MR) is 154 cm³/mol. The monoisotopic (exact) mass is 630 g/mol.